The average molecular weight is 459 g/mol. The molecule has 1 N–H and O–H groups in total. The molecule has 0 saturated heterocycles. The number of nitrogens with one attached hydrogen (secondary N) is 1. The summed E-state index contributed by atoms with van der Waals surface area (Å²) in [5.41, 5.74) is 1.10. The van der Waals surface area contributed by atoms with Crippen molar-refractivity contribution in [1.29, 1.82) is 0 Å². The van der Waals surface area contributed by atoms with Crippen molar-refractivity contribution in [2.75, 3.05) is 6.54 Å². The molecule has 3 rings (SSSR count). The van der Waals surface area contributed by atoms with Crippen LogP contribution in [0.5, 0.6) is 0 Å². The van der Waals surface area contributed by atoms with Gasteiger partial charge in [-0.05, 0) is 37.0 Å². The molecule has 0 aliphatic heterocycles. The van der Waals surface area contributed by atoms with Crippen LogP contribution in [0.25, 0.3) is 0 Å². The van der Waals surface area contributed by atoms with E-state index >= 15 is 0 Å². The highest BCUT2D eigenvalue weighted by Crippen LogP contribution is 2.37. The Bertz CT molecular complexity index is 999. The summed E-state index contributed by atoms with van der Waals surface area (Å²) in [4.78, 5) is 40.1. The van der Waals surface area contributed by atoms with Gasteiger partial charge in [-0.2, -0.15) is 13.2 Å². The van der Waals surface area contributed by atoms with Gasteiger partial charge in [-0.15, -0.1) is 0 Å². The number of halogens is 4. The standard InChI is InChI=1S/C20H18ClF3N2O3S/c1-9-4-3-5-10(2)13(9)14-12(27)8-11(15(14)28)6-7-25-18(29)16-17(20(22,23)24)26-19(21)30-16/h3-5,11,14H,6-8H2,1-2H3,(H,25,29). The summed E-state index contributed by atoms with van der Waals surface area (Å²) < 4.78 is 38.5. The van der Waals surface area contributed by atoms with Gasteiger partial charge >= 0.3 is 6.18 Å². The maximum Gasteiger partial charge on any atom is 0.435 e. The number of alkyl halides is 3. The lowest BCUT2D eigenvalue weighted by molar-refractivity contribution is -0.141. The minimum Gasteiger partial charge on any atom is -0.351 e. The fourth-order valence-electron chi connectivity index (χ4n) is 3.77. The largest absolute Gasteiger partial charge is 0.435 e. The number of carbonyl (C=O) groups is 3. The average Bonchev–Trinajstić information content (AvgIpc) is 3.16. The van der Waals surface area contributed by atoms with Crippen LogP contribution >= 0.6 is 22.9 Å². The van der Waals surface area contributed by atoms with Crippen molar-refractivity contribution in [2.24, 2.45) is 5.92 Å². The quantitative estimate of drug-likeness (QED) is 0.669. The second-order valence-electron chi connectivity index (χ2n) is 7.20. The molecule has 1 aliphatic carbocycles. The monoisotopic (exact) mass is 458 g/mol. The summed E-state index contributed by atoms with van der Waals surface area (Å²) in [5, 5.41) is 2.37. The highest BCUT2D eigenvalue weighted by molar-refractivity contribution is 7.17. The first-order chi connectivity index (χ1) is 14.0. The number of hydrogen-bond acceptors (Lipinski definition) is 5. The van der Waals surface area contributed by atoms with Crippen molar-refractivity contribution in [1.82, 2.24) is 10.3 Å². The molecule has 160 valence electrons. The lowest BCUT2D eigenvalue weighted by atomic mass is 9.87. The predicted molar refractivity (Wildman–Crippen MR) is 106 cm³/mol. The molecule has 10 heteroatoms. The molecular weight excluding hydrogens is 441 g/mol. The normalized spacial score (nSPS) is 19.4. The molecule has 30 heavy (non-hydrogen) atoms. The maximum atomic E-state index is 13.0. The van der Waals surface area contributed by atoms with Gasteiger partial charge in [-0.1, -0.05) is 41.1 Å². The van der Waals surface area contributed by atoms with Crippen molar-refractivity contribution < 1.29 is 27.6 Å². The van der Waals surface area contributed by atoms with Crippen molar-refractivity contribution >= 4 is 40.4 Å². The van der Waals surface area contributed by atoms with Crippen LogP contribution in [0.3, 0.4) is 0 Å². The lowest BCUT2D eigenvalue weighted by Gasteiger charge is -2.15. The molecule has 5 nitrogen and oxygen atoms in total. The topological polar surface area (TPSA) is 76.1 Å². The summed E-state index contributed by atoms with van der Waals surface area (Å²) in [6.07, 6.45) is -4.60. The van der Waals surface area contributed by atoms with Gasteiger partial charge < -0.3 is 5.32 Å². The maximum absolute atomic E-state index is 13.0. The van der Waals surface area contributed by atoms with Crippen LogP contribution in [-0.2, 0) is 15.8 Å². The van der Waals surface area contributed by atoms with Gasteiger partial charge in [0.25, 0.3) is 5.91 Å². The van der Waals surface area contributed by atoms with Crippen molar-refractivity contribution in [3.63, 3.8) is 0 Å². The molecule has 1 fully saturated rings. The fraction of sp³-hybridized carbons (Fsp3) is 0.400. The first-order valence-electron chi connectivity index (χ1n) is 9.15. The minimum absolute atomic E-state index is 0.0468. The Morgan fingerprint density at radius 3 is 2.50 bits per heavy atom. The summed E-state index contributed by atoms with van der Waals surface area (Å²) in [5.74, 6) is -2.78. The Kier molecular flexibility index (Phi) is 6.33. The number of ketones is 2. The smallest absolute Gasteiger partial charge is 0.351 e. The van der Waals surface area contributed by atoms with Gasteiger partial charge in [0.05, 0.1) is 0 Å². The van der Waals surface area contributed by atoms with Crippen LogP contribution in [0, 0.1) is 19.8 Å². The molecule has 0 radical (unpaired) electrons. The molecule has 2 unspecified atom stereocenters. The molecular formula is C20H18ClF3N2O3S. The van der Waals surface area contributed by atoms with Crippen LogP contribution in [0.1, 0.15) is 50.8 Å². The predicted octanol–water partition coefficient (Wildman–Crippen LogP) is 4.49. The molecule has 1 saturated carbocycles. The number of nitrogens with zero attached hydrogens (tertiary/aromatic N) is 1. The second kappa shape index (κ2) is 8.47. The third-order valence-electron chi connectivity index (χ3n) is 5.14. The third kappa shape index (κ3) is 4.41. The van der Waals surface area contributed by atoms with Gasteiger partial charge in [0.2, 0.25) is 0 Å². The van der Waals surface area contributed by atoms with E-state index in [1.165, 1.54) is 0 Å². The second-order valence-corrected chi connectivity index (χ2v) is 8.78. The van der Waals surface area contributed by atoms with E-state index in [-0.39, 0.29) is 35.4 Å². The van der Waals surface area contributed by atoms with E-state index in [2.05, 4.69) is 10.3 Å². The van der Waals surface area contributed by atoms with Crippen molar-refractivity contribution in [3.8, 4) is 0 Å². The molecule has 2 aromatic rings. The number of aryl methyl sites for hydroxylation is 2. The summed E-state index contributed by atoms with van der Waals surface area (Å²) in [6, 6.07) is 5.54. The van der Waals surface area contributed by atoms with Crippen LogP contribution in [-0.4, -0.2) is 29.0 Å². The molecule has 1 aliphatic rings. The van der Waals surface area contributed by atoms with Gasteiger partial charge in [-0.3, -0.25) is 14.4 Å². The van der Waals surface area contributed by atoms with E-state index in [1.54, 1.807) is 0 Å². The first kappa shape index (κ1) is 22.4. The highest BCUT2D eigenvalue weighted by Gasteiger charge is 2.43. The van der Waals surface area contributed by atoms with E-state index in [1.807, 2.05) is 32.0 Å². The van der Waals surface area contributed by atoms with E-state index in [4.69, 9.17) is 11.6 Å². The van der Waals surface area contributed by atoms with Crippen molar-refractivity contribution in [3.05, 3.63) is 49.9 Å². The number of thiazole rings is 1. The number of hydrogen-bond donors (Lipinski definition) is 1. The van der Waals surface area contributed by atoms with Crippen LogP contribution in [0.2, 0.25) is 4.47 Å². The number of aromatic nitrogens is 1. The highest BCUT2D eigenvalue weighted by atomic mass is 35.5. The Morgan fingerprint density at radius 1 is 1.27 bits per heavy atom. The number of amides is 1. The van der Waals surface area contributed by atoms with E-state index < -0.39 is 34.5 Å². The summed E-state index contributed by atoms with van der Waals surface area (Å²) >= 11 is 5.97. The molecule has 0 spiro atoms. The van der Waals surface area contributed by atoms with E-state index in [0.29, 0.717) is 16.9 Å². The zero-order chi connectivity index (χ0) is 22.2. The fourth-order valence-corrected chi connectivity index (χ4v) is 4.81. The Labute approximate surface area is 179 Å². The number of carbonyl (C=O) groups excluding carboxylic acids is 3. The third-order valence-corrected chi connectivity index (χ3v) is 6.30. The Hall–Kier alpha value is -2.26. The van der Waals surface area contributed by atoms with Crippen molar-refractivity contribution in [2.45, 2.75) is 38.8 Å². The molecule has 1 heterocycles. The minimum atomic E-state index is -4.80. The molecule has 1 aromatic heterocycles. The summed E-state index contributed by atoms with van der Waals surface area (Å²) in [6.45, 7) is 3.64. The van der Waals surface area contributed by atoms with Gasteiger partial charge in [0.15, 0.2) is 15.9 Å². The first-order valence-corrected chi connectivity index (χ1v) is 10.3. The number of benzene rings is 1. The van der Waals surface area contributed by atoms with Gasteiger partial charge in [-0.25, -0.2) is 4.98 Å². The van der Waals surface area contributed by atoms with E-state index in [0.717, 1.165) is 11.1 Å². The zero-order valence-corrected chi connectivity index (χ0v) is 17.7. The number of rotatable bonds is 5. The molecule has 1 aromatic carbocycles. The van der Waals surface area contributed by atoms with Crippen LogP contribution < -0.4 is 5.32 Å². The molecule has 0 bridgehead atoms. The van der Waals surface area contributed by atoms with Gasteiger partial charge in [0.1, 0.15) is 16.6 Å². The van der Waals surface area contributed by atoms with Crippen LogP contribution in [0.15, 0.2) is 18.2 Å². The zero-order valence-electron chi connectivity index (χ0n) is 16.1. The number of Topliss-reactive ketones (excluding diaryl/α,β-unsaturated/α-hetero) is 2. The molecule has 1 amide bonds. The Morgan fingerprint density at radius 2 is 1.90 bits per heavy atom. The molecule has 2 atom stereocenters. The lowest BCUT2D eigenvalue weighted by Crippen LogP contribution is -2.28. The summed E-state index contributed by atoms with van der Waals surface area (Å²) in [7, 11) is 0. The SMILES string of the molecule is Cc1cccc(C)c1C1C(=O)CC(CCNC(=O)c2sc(Cl)nc2C(F)(F)F)C1=O. The van der Waals surface area contributed by atoms with E-state index in [9.17, 15) is 27.6 Å². The van der Waals surface area contributed by atoms with Gasteiger partial charge in [0, 0.05) is 18.9 Å². The Balaban J connectivity index is 1.66. The van der Waals surface area contributed by atoms with Crippen LogP contribution in [0.4, 0.5) is 13.2 Å².